The minimum Gasteiger partial charge on any atom is -0.488 e. The van der Waals surface area contributed by atoms with E-state index < -0.39 is 0 Å². The lowest BCUT2D eigenvalue weighted by Crippen LogP contribution is -2.35. The van der Waals surface area contributed by atoms with E-state index in [9.17, 15) is 0 Å². The molecule has 17 heavy (non-hydrogen) atoms. The predicted octanol–water partition coefficient (Wildman–Crippen LogP) is 3.75. The summed E-state index contributed by atoms with van der Waals surface area (Å²) in [6, 6.07) is 8.71. The minimum absolute atomic E-state index is 0.203. The summed E-state index contributed by atoms with van der Waals surface area (Å²) in [6.07, 6.45) is 5.59. The van der Waals surface area contributed by atoms with Crippen LogP contribution in [0, 0.1) is 0 Å². The van der Waals surface area contributed by atoms with Crippen molar-refractivity contribution in [2.75, 3.05) is 6.54 Å². The van der Waals surface area contributed by atoms with Gasteiger partial charge in [0, 0.05) is 12.6 Å². The highest BCUT2D eigenvalue weighted by molar-refractivity contribution is 9.10. The summed E-state index contributed by atoms with van der Waals surface area (Å²) in [4.78, 5) is 0. The number of nitrogens with one attached hydrogen (secondary N) is 1. The Morgan fingerprint density at radius 3 is 2.76 bits per heavy atom. The first-order valence-electron chi connectivity index (χ1n) is 6.40. The molecule has 0 bridgehead atoms. The first kappa shape index (κ1) is 12.9. The summed E-state index contributed by atoms with van der Waals surface area (Å²) in [5.41, 5.74) is 0. The zero-order valence-corrected chi connectivity index (χ0v) is 11.9. The van der Waals surface area contributed by atoms with Gasteiger partial charge in [-0.1, -0.05) is 25.0 Å². The smallest absolute Gasteiger partial charge is 0.133 e. The number of hydrogen-bond donors (Lipinski definition) is 1. The van der Waals surface area contributed by atoms with Crippen molar-refractivity contribution in [2.24, 2.45) is 0 Å². The summed E-state index contributed by atoms with van der Waals surface area (Å²) in [6.45, 7) is 3.04. The largest absolute Gasteiger partial charge is 0.488 e. The fourth-order valence-corrected chi connectivity index (χ4v) is 2.64. The van der Waals surface area contributed by atoms with E-state index in [1.54, 1.807) is 0 Å². The average molecular weight is 298 g/mol. The maximum Gasteiger partial charge on any atom is 0.133 e. The molecule has 0 spiro atoms. The van der Waals surface area contributed by atoms with Gasteiger partial charge in [-0.15, -0.1) is 0 Å². The molecule has 94 valence electrons. The standard InChI is InChI=1S/C14H20BrNO/c1-11(10-16-12-6-2-3-7-12)17-14-9-5-4-8-13(14)15/h4-5,8-9,11-12,16H,2-3,6-7,10H2,1H3. The molecule has 1 atom stereocenters. The zero-order chi connectivity index (χ0) is 12.1. The quantitative estimate of drug-likeness (QED) is 0.894. The summed E-state index contributed by atoms with van der Waals surface area (Å²) in [5, 5.41) is 3.58. The molecule has 2 rings (SSSR count). The van der Waals surface area contributed by atoms with E-state index in [2.05, 4.69) is 28.2 Å². The molecule has 1 saturated carbocycles. The lowest BCUT2D eigenvalue weighted by atomic mass is 10.2. The van der Waals surface area contributed by atoms with Crippen molar-refractivity contribution in [1.29, 1.82) is 0 Å². The maximum absolute atomic E-state index is 5.90. The Hall–Kier alpha value is -0.540. The van der Waals surface area contributed by atoms with Crippen LogP contribution in [0.25, 0.3) is 0 Å². The van der Waals surface area contributed by atoms with Gasteiger partial charge in [-0.3, -0.25) is 0 Å². The highest BCUT2D eigenvalue weighted by atomic mass is 79.9. The van der Waals surface area contributed by atoms with Gasteiger partial charge in [0.25, 0.3) is 0 Å². The number of para-hydroxylation sites is 1. The summed E-state index contributed by atoms with van der Waals surface area (Å²) >= 11 is 3.50. The fraction of sp³-hybridized carbons (Fsp3) is 0.571. The Morgan fingerprint density at radius 1 is 1.35 bits per heavy atom. The van der Waals surface area contributed by atoms with Crippen molar-refractivity contribution < 1.29 is 4.74 Å². The SMILES string of the molecule is CC(CNC1CCCC1)Oc1ccccc1Br. The molecule has 0 aliphatic heterocycles. The molecule has 1 aromatic carbocycles. The van der Waals surface area contributed by atoms with Crippen LogP contribution in [0.15, 0.2) is 28.7 Å². The van der Waals surface area contributed by atoms with Crippen LogP contribution in [0.1, 0.15) is 32.6 Å². The number of rotatable bonds is 5. The van der Waals surface area contributed by atoms with Crippen LogP contribution >= 0.6 is 15.9 Å². The molecule has 0 aromatic heterocycles. The van der Waals surface area contributed by atoms with Gasteiger partial charge in [0.1, 0.15) is 11.9 Å². The van der Waals surface area contributed by atoms with Gasteiger partial charge in [0.05, 0.1) is 4.47 Å². The Labute approximate surface area is 112 Å². The Balaban J connectivity index is 1.76. The topological polar surface area (TPSA) is 21.3 Å². The number of ether oxygens (including phenoxy) is 1. The molecular weight excluding hydrogens is 278 g/mol. The van der Waals surface area contributed by atoms with Gasteiger partial charge in [0.2, 0.25) is 0 Å². The van der Waals surface area contributed by atoms with Crippen LogP contribution in [-0.2, 0) is 0 Å². The molecule has 1 fully saturated rings. The van der Waals surface area contributed by atoms with Crippen molar-refractivity contribution in [1.82, 2.24) is 5.32 Å². The Bertz CT molecular complexity index is 350. The van der Waals surface area contributed by atoms with Crippen LogP contribution < -0.4 is 10.1 Å². The van der Waals surface area contributed by atoms with Gasteiger partial charge in [-0.2, -0.15) is 0 Å². The molecule has 1 aliphatic rings. The second kappa shape index (κ2) is 6.41. The van der Waals surface area contributed by atoms with E-state index in [-0.39, 0.29) is 6.10 Å². The third-order valence-corrected chi connectivity index (χ3v) is 3.87. The van der Waals surface area contributed by atoms with Crippen molar-refractivity contribution in [3.63, 3.8) is 0 Å². The predicted molar refractivity (Wildman–Crippen MR) is 74.5 cm³/mol. The number of benzene rings is 1. The fourth-order valence-electron chi connectivity index (χ4n) is 2.26. The molecule has 1 N–H and O–H groups in total. The monoisotopic (exact) mass is 297 g/mol. The molecule has 0 heterocycles. The molecule has 2 nitrogen and oxygen atoms in total. The van der Waals surface area contributed by atoms with E-state index in [1.165, 1.54) is 25.7 Å². The lowest BCUT2D eigenvalue weighted by Gasteiger charge is -2.19. The minimum atomic E-state index is 0.203. The van der Waals surface area contributed by atoms with Gasteiger partial charge >= 0.3 is 0 Å². The van der Waals surface area contributed by atoms with E-state index in [1.807, 2.05) is 24.3 Å². The Morgan fingerprint density at radius 2 is 2.06 bits per heavy atom. The van der Waals surface area contributed by atoms with Gasteiger partial charge in [-0.25, -0.2) is 0 Å². The highest BCUT2D eigenvalue weighted by Gasteiger charge is 2.15. The van der Waals surface area contributed by atoms with Gasteiger partial charge in [0.15, 0.2) is 0 Å². The second-order valence-corrected chi connectivity index (χ2v) is 5.60. The van der Waals surface area contributed by atoms with Crippen molar-refractivity contribution in [3.8, 4) is 5.75 Å². The zero-order valence-electron chi connectivity index (χ0n) is 10.3. The summed E-state index contributed by atoms with van der Waals surface area (Å²) in [5.74, 6) is 0.924. The number of hydrogen-bond acceptors (Lipinski definition) is 2. The summed E-state index contributed by atoms with van der Waals surface area (Å²) in [7, 11) is 0. The van der Waals surface area contributed by atoms with E-state index >= 15 is 0 Å². The van der Waals surface area contributed by atoms with E-state index in [0.717, 1.165) is 16.8 Å². The molecule has 0 saturated heterocycles. The van der Waals surface area contributed by atoms with Crippen LogP contribution in [-0.4, -0.2) is 18.7 Å². The molecule has 1 unspecified atom stereocenters. The number of halogens is 1. The van der Waals surface area contributed by atoms with Crippen LogP contribution in [0.2, 0.25) is 0 Å². The first-order chi connectivity index (χ1) is 8.25. The van der Waals surface area contributed by atoms with E-state index in [4.69, 9.17) is 4.74 Å². The van der Waals surface area contributed by atoms with Crippen LogP contribution in [0.3, 0.4) is 0 Å². The van der Waals surface area contributed by atoms with Crippen LogP contribution in [0.4, 0.5) is 0 Å². The highest BCUT2D eigenvalue weighted by Crippen LogP contribution is 2.24. The first-order valence-corrected chi connectivity index (χ1v) is 7.19. The third-order valence-electron chi connectivity index (χ3n) is 3.21. The van der Waals surface area contributed by atoms with Crippen molar-refractivity contribution in [3.05, 3.63) is 28.7 Å². The normalized spacial score (nSPS) is 18.2. The van der Waals surface area contributed by atoms with Crippen molar-refractivity contribution in [2.45, 2.75) is 44.8 Å². The third kappa shape index (κ3) is 4.00. The van der Waals surface area contributed by atoms with Crippen LogP contribution in [0.5, 0.6) is 5.75 Å². The molecule has 3 heteroatoms. The summed E-state index contributed by atoms with van der Waals surface area (Å²) < 4.78 is 6.92. The average Bonchev–Trinajstić information content (AvgIpc) is 2.82. The molecule has 1 aromatic rings. The molecule has 1 aliphatic carbocycles. The van der Waals surface area contributed by atoms with E-state index in [0.29, 0.717) is 6.04 Å². The molecule has 0 radical (unpaired) electrons. The van der Waals surface area contributed by atoms with Gasteiger partial charge in [-0.05, 0) is 47.8 Å². The molecule has 0 amide bonds. The molecular formula is C14H20BrNO. The Kier molecular flexibility index (Phi) is 4.86. The second-order valence-electron chi connectivity index (χ2n) is 4.75. The van der Waals surface area contributed by atoms with Crippen molar-refractivity contribution >= 4 is 15.9 Å². The maximum atomic E-state index is 5.90. The van der Waals surface area contributed by atoms with Gasteiger partial charge < -0.3 is 10.1 Å². The lowest BCUT2D eigenvalue weighted by molar-refractivity contribution is 0.210.